The molecule has 2 aromatic rings. The Hall–Kier alpha value is -3.11. The average Bonchev–Trinajstić information content (AvgIpc) is 2.80. The highest BCUT2D eigenvalue weighted by Crippen LogP contribution is 2.38. The van der Waals surface area contributed by atoms with Gasteiger partial charge in [-0.2, -0.15) is 12.7 Å². The number of rotatable bonds is 7. The van der Waals surface area contributed by atoms with E-state index in [-0.39, 0.29) is 13.0 Å². The van der Waals surface area contributed by atoms with E-state index in [0.717, 1.165) is 5.56 Å². The van der Waals surface area contributed by atoms with E-state index >= 15 is 0 Å². The molecule has 0 unspecified atom stereocenters. The minimum atomic E-state index is -4.42. The first-order valence-corrected chi connectivity index (χ1v) is 13.6. The Bertz CT molecular complexity index is 1160. The first-order chi connectivity index (χ1) is 17.3. The van der Waals surface area contributed by atoms with Crippen LogP contribution in [0.25, 0.3) is 0 Å². The maximum atomic E-state index is 13.1. The molecule has 1 fully saturated rings. The number of hydrogen-bond donors (Lipinski definition) is 1. The third kappa shape index (κ3) is 8.46. The fraction of sp³-hybridized carbons (Fsp3) is 0.481. The van der Waals surface area contributed by atoms with Gasteiger partial charge in [0.05, 0.1) is 12.1 Å². The highest BCUT2D eigenvalue weighted by molar-refractivity contribution is 7.85. The van der Waals surface area contributed by atoms with Gasteiger partial charge >= 0.3 is 22.5 Å². The highest BCUT2D eigenvalue weighted by atomic mass is 32.2. The standard InChI is InChI=1S/C27H36N2O7S/c1-26(2,3)35-25(31)29-23(21-14-10-7-11-15-21)18-22(36-37(29,32)33)16-17-27(4,5)28-24(30)34-19-20-12-8-6-9-13-20/h6-15,22-23H,16-19H2,1-5H3,(H,28,30)/t22-,23-/m0/s1. The van der Waals surface area contributed by atoms with Gasteiger partial charge in [0.15, 0.2) is 0 Å². The Morgan fingerprint density at radius 3 is 2.19 bits per heavy atom. The van der Waals surface area contributed by atoms with Crippen molar-refractivity contribution in [2.24, 2.45) is 0 Å². The second kappa shape index (κ2) is 11.5. The predicted molar refractivity (Wildman–Crippen MR) is 139 cm³/mol. The molecule has 1 N–H and O–H groups in total. The maximum absolute atomic E-state index is 13.1. The van der Waals surface area contributed by atoms with Crippen LogP contribution in [0.3, 0.4) is 0 Å². The lowest BCUT2D eigenvalue weighted by atomic mass is 9.92. The van der Waals surface area contributed by atoms with Crippen LogP contribution in [0.4, 0.5) is 9.59 Å². The predicted octanol–water partition coefficient (Wildman–Crippen LogP) is 5.48. The van der Waals surface area contributed by atoms with Crippen molar-refractivity contribution in [2.45, 2.75) is 83.8 Å². The second-order valence-electron chi connectivity index (χ2n) is 10.7. The Balaban J connectivity index is 1.67. The van der Waals surface area contributed by atoms with Gasteiger partial charge in [-0.3, -0.25) is 0 Å². The van der Waals surface area contributed by atoms with E-state index in [9.17, 15) is 18.0 Å². The molecule has 2 amide bonds. The van der Waals surface area contributed by atoms with Crippen molar-refractivity contribution in [1.82, 2.24) is 9.62 Å². The summed E-state index contributed by atoms with van der Waals surface area (Å²) in [6.07, 6.45) is -1.25. The van der Waals surface area contributed by atoms with Crippen molar-refractivity contribution >= 4 is 22.5 Å². The molecule has 0 radical (unpaired) electrons. The van der Waals surface area contributed by atoms with Gasteiger partial charge in [-0.1, -0.05) is 60.7 Å². The molecule has 0 aliphatic carbocycles. The van der Waals surface area contributed by atoms with Gasteiger partial charge in [-0.25, -0.2) is 13.8 Å². The van der Waals surface area contributed by atoms with E-state index < -0.39 is 45.8 Å². The smallest absolute Gasteiger partial charge is 0.426 e. The van der Waals surface area contributed by atoms with Crippen LogP contribution in [-0.4, -0.2) is 42.2 Å². The average molecular weight is 533 g/mol. The van der Waals surface area contributed by atoms with E-state index in [1.165, 1.54) is 0 Å². The summed E-state index contributed by atoms with van der Waals surface area (Å²) in [6.45, 7) is 8.81. The van der Waals surface area contributed by atoms with Crippen LogP contribution >= 0.6 is 0 Å². The van der Waals surface area contributed by atoms with Crippen LogP contribution in [0.5, 0.6) is 0 Å². The monoisotopic (exact) mass is 532 g/mol. The Morgan fingerprint density at radius 1 is 1.00 bits per heavy atom. The summed E-state index contributed by atoms with van der Waals surface area (Å²) >= 11 is 0. The molecule has 0 spiro atoms. The van der Waals surface area contributed by atoms with Crippen LogP contribution in [0.15, 0.2) is 60.7 Å². The van der Waals surface area contributed by atoms with E-state index in [1.807, 2.05) is 50.2 Å². The minimum absolute atomic E-state index is 0.145. The Labute approximate surface area is 219 Å². The number of amides is 2. The number of alkyl carbamates (subject to hydrolysis) is 1. The molecule has 37 heavy (non-hydrogen) atoms. The molecule has 2 aromatic carbocycles. The van der Waals surface area contributed by atoms with Gasteiger partial charge in [-0.15, -0.1) is 0 Å². The van der Waals surface area contributed by atoms with Crippen LogP contribution in [0, 0.1) is 0 Å². The summed E-state index contributed by atoms with van der Waals surface area (Å²) in [6, 6.07) is 17.5. The first kappa shape index (κ1) is 28.5. The van der Waals surface area contributed by atoms with Gasteiger partial charge < -0.3 is 14.8 Å². The normalized spacial score (nSPS) is 19.6. The quantitative estimate of drug-likeness (QED) is 0.502. The van der Waals surface area contributed by atoms with Crippen molar-refractivity contribution in [3.63, 3.8) is 0 Å². The zero-order chi connectivity index (χ0) is 27.3. The molecule has 202 valence electrons. The van der Waals surface area contributed by atoms with E-state index in [0.29, 0.717) is 22.7 Å². The lowest BCUT2D eigenvalue weighted by Crippen LogP contribution is -2.50. The molecule has 0 saturated carbocycles. The molecule has 1 aliphatic heterocycles. The van der Waals surface area contributed by atoms with Crippen molar-refractivity contribution in [3.8, 4) is 0 Å². The molecule has 1 heterocycles. The van der Waals surface area contributed by atoms with Crippen LogP contribution in [0.2, 0.25) is 0 Å². The molecular weight excluding hydrogens is 496 g/mol. The molecule has 2 atom stereocenters. The van der Waals surface area contributed by atoms with E-state index in [1.54, 1.807) is 45.0 Å². The van der Waals surface area contributed by atoms with Crippen molar-refractivity contribution in [2.75, 3.05) is 0 Å². The van der Waals surface area contributed by atoms with Crippen LogP contribution in [-0.2, 0) is 30.6 Å². The van der Waals surface area contributed by atoms with Crippen LogP contribution in [0.1, 0.15) is 71.0 Å². The SMILES string of the molecule is CC(C)(CC[C@H]1C[C@@H](c2ccccc2)N(C(=O)OC(C)(C)C)S(=O)(=O)O1)NC(=O)OCc1ccccc1. The third-order valence-electron chi connectivity index (χ3n) is 5.77. The zero-order valence-electron chi connectivity index (χ0n) is 22.0. The molecule has 10 heteroatoms. The minimum Gasteiger partial charge on any atom is -0.445 e. The summed E-state index contributed by atoms with van der Waals surface area (Å²) in [7, 11) is -4.42. The number of benzene rings is 2. The van der Waals surface area contributed by atoms with Gasteiger partial charge in [0.25, 0.3) is 0 Å². The Morgan fingerprint density at radius 2 is 1.59 bits per heavy atom. The number of hydrogen-bond acceptors (Lipinski definition) is 7. The van der Waals surface area contributed by atoms with Crippen LogP contribution < -0.4 is 5.32 Å². The molecule has 9 nitrogen and oxygen atoms in total. The molecule has 0 aromatic heterocycles. The molecule has 3 rings (SSSR count). The summed E-state index contributed by atoms with van der Waals surface area (Å²) in [5.74, 6) is 0. The fourth-order valence-corrected chi connectivity index (χ4v) is 5.37. The number of nitrogens with zero attached hydrogens (tertiary/aromatic N) is 1. The first-order valence-electron chi connectivity index (χ1n) is 12.3. The molecule has 1 aliphatic rings. The Kier molecular flexibility index (Phi) is 8.86. The largest absolute Gasteiger partial charge is 0.445 e. The topological polar surface area (TPSA) is 111 Å². The van der Waals surface area contributed by atoms with Crippen molar-refractivity contribution in [1.29, 1.82) is 0 Å². The van der Waals surface area contributed by atoms with Crippen molar-refractivity contribution < 1.29 is 31.7 Å². The molecule has 0 bridgehead atoms. The fourth-order valence-electron chi connectivity index (χ4n) is 4.02. The zero-order valence-corrected chi connectivity index (χ0v) is 22.8. The second-order valence-corrected chi connectivity index (χ2v) is 12.2. The van der Waals surface area contributed by atoms with Gasteiger partial charge in [0.2, 0.25) is 0 Å². The van der Waals surface area contributed by atoms with Gasteiger partial charge in [0.1, 0.15) is 12.2 Å². The summed E-state index contributed by atoms with van der Waals surface area (Å²) in [5, 5.41) is 2.83. The third-order valence-corrected chi connectivity index (χ3v) is 7.17. The number of nitrogens with one attached hydrogen (secondary N) is 1. The van der Waals surface area contributed by atoms with E-state index in [4.69, 9.17) is 13.7 Å². The summed E-state index contributed by atoms with van der Waals surface area (Å²) < 4.78 is 43.1. The number of ether oxygens (including phenoxy) is 2. The lowest BCUT2D eigenvalue weighted by Gasteiger charge is -2.39. The van der Waals surface area contributed by atoms with Crippen molar-refractivity contribution in [3.05, 3.63) is 71.8 Å². The summed E-state index contributed by atoms with van der Waals surface area (Å²) in [5.41, 5.74) is -0.0362. The summed E-state index contributed by atoms with van der Waals surface area (Å²) in [4.78, 5) is 25.2. The highest BCUT2D eigenvalue weighted by Gasteiger charge is 2.46. The van der Waals surface area contributed by atoms with Gasteiger partial charge in [-0.05, 0) is 58.6 Å². The molecular formula is C27H36N2O7S. The maximum Gasteiger partial charge on any atom is 0.426 e. The lowest BCUT2D eigenvalue weighted by molar-refractivity contribution is 0.0160. The van der Waals surface area contributed by atoms with Gasteiger partial charge in [0, 0.05) is 12.0 Å². The number of carbonyl (C=O) groups excluding carboxylic acids is 2. The number of carbonyl (C=O) groups is 2. The molecule has 1 saturated heterocycles. The van der Waals surface area contributed by atoms with E-state index in [2.05, 4.69) is 5.32 Å².